The summed E-state index contributed by atoms with van der Waals surface area (Å²) in [6, 6.07) is 9.62. The van der Waals surface area contributed by atoms with Crippen molar-refractivity contribution >= 4 is 11.0 Å². The van der Waals surface area contributed by atoms with Crippen molar-refractivity contribution in [3.63, 3.8) is 0 Å². The molecule has 0 saturated heterocycles. The summed E-state index contributed by atoms with van der Waals surface area (Å²) in [5.41, 5.74) is 6.21. The second-order valence-electron chi connectivity index (χ2n) is 3.63. The lowest BCUT2D eigenvalue weighted by Crippen LogP contribution is -2.02. The Morgan fingerprint density at radius 1 is 1.33 bits per heavy atom. The summed E-state index contributed by atoms with van der Waals surface area (Å²) in [6.45, 7) is 0.595. The fourth-order valence-corrected chi connectivity index (χ4v) is 1.62. The first-order valence-corrected chi connectivity index (χ1v) is 5.18. The molecule has 0 saturated carbocycles. The van der Waals surface area contributed by atoms with Crippen LogP contribution in [0.25, 0.3) is 11.0 Å². The molecule has 80 valence electrons. The quantitative estimate of drug-likeness (QED) is 0.804. The minimum atomic E-state index is -0.541. The van der Waals surface area contributed by atoms with Crippen molar-refractivity contribution < 1.29 is 9.52 Å². The van der Waals surface area contributed by atoms with Gasteiger partial charge in [0.1, 0.15) is 17.4 Å². The number of hydrogen-bond donors (Lipinski definition) is 2. The molecule has 2 aromatic rings. The molecular weight excluding hydrogens is 190 g/mol. The van der Waals surface area contributed by atoms with Gasteiger partial charge in [-0.25, -0.2) is 0 Å². The highest BCUT2D eigenvalue weighted by molar-refractivity contribution is 5.77. The van der Waals surface area contributed by atoms with Gasteiger partial charge in [-0.05, 0) is 31.5 Å². The van der Waals surface area contributed by atoms with Gasteiger partial charge in [-0.2, -0.15) is 0 Å². The van der Waals surface area contributed by atoms with E-state index in [-0.39, 0.29) is 0 Å². The number of aliphatic hydroxyl groups excluding tert-OH is 1. The van der Waals surface area contributed by atoms with Crippen LogP contribution in [0.4, 0.5) is 0 Å². The molecule has 3 N–H and O–H groups in total. The lowest BCUT2D eigenvalue weighted by molar-refractivity contribution is 0.141. The third kappa shape index (κ3) is 2.19. The maximum atomic E-state index is 9.80. The Hall–Kier alpha value is -1.32. The van der Waals surface area contributed by atoms with E-state index in [0.29, 0.717) is 18.7 Å². The molecule has 0 aliphatic rings. The van der Waals surface area contributed by atoms with Crippen LogP contribution >= 0.6 is 0 Å². The van der Waals surface area contributed by atoms with Gasteiger partial charge in [0.15, 0.2) is 0 Å². The highest BCUT2D eigenvalue weighted by Crippen LogP contribution is 2.25. The van der Waals surface area contributed by atoms with Gasteiger partial charge in [0, 0.05) is 5.39 Å². The van der Waals surface area contributed by atoms with Gasteiger partial charge in [0.2, 0.25) is 0 Å². The van der Waals surface area contributed by atoms with E-state index >= 15 is 0 Å². The minimum absolute atomic E-state index is 0.541. The van der Waals surface area contributed by atoms with E-state index < -0.39 is 6.10 Å². The number of nitrogens with two attached hydrogens (primary N) is 1. The maximum absolute atomic E-state index is 9.80. The predicted molar refractivity (Wildman–Crippen MR) is 59.5 cm³/mol. The van der Waals surface area contributed by atoms with Crippen molar-refractivity contribution in [2.45, 2.75) is 18.9 Å². The van der Waals surface area contributed by atoms with Crippen LogP contribution in [0.15, 0.2) is 34.7 Å². The van der Waals surface area contributed by atoms with Crippen LogP contribution in [0.1, 0.15) is 24.7 Å². The van der Waals surface area contributed by atoms with Crippen molar-refractivity contribution in [3.05, 3.63) is 36.1 Å². The molecule has 2 rings (SSSR count). The summed E-state index contributed by atoms with van der Waals surface area (Å²) in [6.07, 6.45) is 0.912. The normalized spacial score (nSPS) is 13.2. The molecule has 3 nitrogen and oxygen atoms in total. The molecule has 1 aromatic carbocycles. The van der Waals surface area contributed by atoms with E-state index in [4.69, 9.17) is 10.2 Å². The molecule has 1 heterocycles. The average molecular weight is 205 g/mol. The molecule has 15 heavy (non-hydrogen) atoms. The van der Waals surface area contributed by atoms with E-state index in [9.17, 15) is 5.11 Å². The van der Waals surface area contributed by atoms with E-state index in [2.05, 4.69) is 0 Å². The summed E-state index contributed by atoms with van der Waals surface area (Å²) < 4.78 is 5.54. The number of hydrogen-bond acceptors (Lipinski definition) is 3. The molecule has 0 amide bonds. The molecule has 0 bridgehead atoms. The van der Waals surface area contributed by atoms with Crippen molar-refractivity contribution in [1.29, 1.82) is 0 Å². The largest absolute Gasteiger partial charge is 0.458 e. The third-order valence-electron chi connectivity index (χ3n) is 2.45. The number of aliphatic hydroxyl groups is 1. The highest BCUT2D eigenvalue weighted by Gasteiger charge is 2.12. The Morgan fingerprint density at radius 2 is 2.13 bits per heavy atom. The number of fused-ring (bicyclic) bond motifs is 1. The van der Waals surface area contributed by atoms with Crippen molar-refractivity contribution in [2.24, 2.45) is 5.73 Å². The molecule has 0 aliphatic carbocycles. The Balaban J connectivity index is 2.20. The summed E-state index contributed by atoms with van der Waals surface area (Å²) in [5, 5.41) is 10.8. The summed E-state index contributed by atoms with van der Waals surface area (Å²) in [5.74, 6) is 0.629. The Kier molecular flexibility index (Phi) is 3.04. The molecule has 1 unspecified atom stereocenters. The molecule has 0 aliphatic heterocycles. The monoisotopic (exact) mass is 205 g/mol. The number of rotatable bonds is 4. The average Bonchev–Trinajstić information content (AvgIpc) is 2.69. The maximum Gasteiger partial charge on any atom is 0.134 e. The molecule has 0 radical (unpaired) electrons. The second kappa shape index (κ2) is 4.47. The van der Waals surface area contributed by atoms with Gasteiger partial charge >= 0.3 is 0 Å². The third-order valence-corrected chi connectivity index (χ3v) is 2.45. The molecular formula is C12H15NO2. The Bertz CT molecular complexity index is 403. The number of benzene rings is 1. The lowest BCUT2D eigenvalue weighted by atomic mass is 10.1. The zero-order valence-electron chi connectivity index (χ0n) is 8.52. The van der Waals surface area contributed by atoms with Crippen LogP contribution in [-0.2, 0) is 0 Å². The van der Waals surface area contributed by atoms with E-state index in [1.165, 1.54) is 0 Å². The standard InChI is InChI=1S/C12H15NO2/c13-7-3-5-10(14)12-8-9-4-1-2-6-11(9)15-12/h1-2,4,6,8,10,14H,3,5,7,13H2. The molecule has 1 atom stereocenters. The first kappa shape index (κ1) is 10.2. The van der Waals surface area contributed by atoms with Crippen LogP contribution in [0, 0.1) is 0 Å². The topological polar surface area (TPSA) is 59.4 Å². The van der Waals surface area contributed by atoms with Crippen molar-refractivity contribution in [3.8, 4) is 0 Å². The zero-order valence-corrected chi connectivity index (χ0v) is 8.52. The predicted octanol–water partition coefficient (Wildman–Crippen LogP) is 2.21. The van der Waals surface area contributed by atoms with Gasteiger partial charge in [-0.3, -0.25) is 0 Å². The molecule has 0 spiro atoms. The fourth-order valence-electron chi connectivity index (χ4n) is 1.62. The molecule has 3 heteroatoms. The van der Waals surface area contributed by atoms with Crippen LogP contribution in [0.5, 0.6) is 0 Å². The first-order chi connectivity index (χ1) is 7.31. The Morgan fingerprint density at radius 3 is 2.87 bits per heavy atom. The van der Waals surface area contributed by atoms with E-state index in [1.807, 2.05) is 30.3 Å². The lowest BCUT2D eigenvalue weighted by Gasteiger charge is -2.05. The van der Waals surface area contributed by atoms with Crippen LogP contribution < -0.4 is 5.73 Å². The van der Waals surface area contributed by atoms with Crippen molar-refractivity contribution in [2.75, 3.05) is 6.54 Å². The summed E-state index contributed by atoms with van der Waals surface area (Å²) in [4.78, 5) is 0. The Labute approximate surface area is 88.5 Å². The van der Waals surface area contributed by atoms with Crippen LogP contribution in [-0.4, -0.2) is 11.7 Å². The van der Waals surface area contributed by atoms with Crippen LogP contribution in [0.2, 0.25) is 0 Å². The van der Waals surface area contributed by atoms with E-state index in [0.717, 1.165) is 17.4 Å². The van der Waals surface area contributed by atoms with Crippen molar-refractivity contribution in [1.82, 2.24) is 0 Å². The highest BCUT2D eigenvalue weighted by atomic mass is 16.4. The second-order valence-corrected chi connectivity index (χ2v) is 3.63. The van der Waals surface area contributed by atoms with Gasteiger partial charge in [-0.15, -0.1) is 0 Å². The van der Waals surface area contributed by atoms with Gasteiger partial charge in [0.25, 0.3) is 0 Å². The summed E-state index contributed by atoms with van der Waals surface area (Å²) in [7, 11) is 0. The fraction of sp³-hybridized carbons (Fsp3) is 0.333. The number of furan rings is 1. The molecule has 0 fully saturated rings. The van der Waals surface area contributed by atoms with E-state index in [1.54, 1.807) is 0 Å². The summed E-state index contributed by atoms with van der Waals surface area (Å²) >= 11 is 0. The molecule has 1 aromatic heterocycles. The first-order valence-electron chi connectivity index (χ1n) is 5.18. The smallest absolute Gasteiger partial charge is 0.134 e. The van der Waals surface area contributed by atoms with Crippen LogP contribution in [0.3, 0.4) is 0 Å². The number of para-hydroxylation sites is 1. The zero-order chi connectivity index (χ0) is 10.7. The SMILES string of the molecule is NCCCC(O)c1cc2ccccc2o1. The van der Waals surface area contributed by atoms with Gasteiger partial charge in [-0.1, -0.05) is 18.2 Å². The minimum Gasteiger partial charge on any atom is -0.458 e. The van der Waals surface area contributed by atoms with Gasteiger partial charge < -0.3 is 15.3 Å². The van der Waals surface area contributed by atoms with Gasteiger partial charge in [0.05, 0.1) is 0 Å².